The molecule has 0 fully saturated rings. The molecular formula is C13H20INO3. The maximum absolute atomic E-state index is 10.9. The zero-order valence-electron chi connectivity index (χ0n) is 10.9. The summed E-state index contributed by atoms with van der Waals surface area (Å²) in [5.74, 6) is -0.416. The minimum absolute atomic E-state index is 0.416. The molecule has 0 saturated carbocycles. The molecule has 18 heavy (non-hydrogen) atoms. The lowest BCUT2D eigenvalue weighted by Gasteiger charge is -2.16. The third-order valence-corrected chi connectivity index (χ3v) is 3.36. The summed E-state index contributed by atoms with van der Waals surface area (Å²) in [5.41, 5.74) is 7.74. The highest BCUT2D eigenvalue weighted by molar-refractivity contribution is 14.1. The number of ether oxygens (including phenoxy) is 1. The van der Waals surface area contributed by atoms with Crippen LogP contribution in [0, 0.1) is 0 Å². The molecule has 0 rings (SSSR count). The number of hydrogen-bond acceptors (Lipinski definition) is 4. The van der Waals surface area contributed by atoms with Crippen molar-refractivity contribution < 1.29 is 14.6 Å². The number of methoxy groups -OCH3 is 1. The molecule has 0 aromatic rings. The first-order valence-corrected chi connectivity index (χ1v) is 6.79. The van der Waals surface area contributed by atoms with Crippen LogP contribution in [-0.2, 0) is 9.53 Å². The van der Waals surface area contributed by atoms with Gasteiger partial charge in [-0.05, 0) is 24.4 Å². The SMILES string of the molecule is COC(=O)/C=C/C(C)=C/[C@@H](N)[C@H](O)C/C(C)=C/I. The zero-order chi connectivity index (χ0) is 14.1. The van der Waals surface area contributed by atoms with Crippen LogP contribution < -0.4 is 5.73 Å². The first-order valence-electron chi connectivity index (χ1n) is 5.54. The van der Waals surface area contributed by atoms with E-state index < -0.39 is 18.1 Å². The second kappa shape index (κ2) is 9.29. The molecule has 0 radical (unpaired) electrons. The van der Waals surface area contributed by atoms with Gasteiger partial charge in [-0.2, -0.15) is 0 Å². The van der Waals surface area contributed by atoms with Gasteiger partial charge in [0.2, 0.25) is 0 Å². The van der Waals surface area contributed by atoms with Crippen molar-refractivity contribution in [2.75, 3.05) is 7.11 Å². The normalized spacial score (nSPS) is 16.8. The molecule has 2 atom stereocenters. The van der Waals surface area contributed by atoms with E-state index in [-0.39, 0.29) is 0 Å². The Labute approximate surface area is 122 Å². The summed E-state index contributed by atoms with van der Waals surface area (Å²) in [4.78, 5) is 10.9. The molecule has 0 amide bonds. The third-order valence-electron chi connectivity index (χ3n) is 2.30. The van der Waals surface area contributed by atoms with Crippen molar-refractivity contribution in [2.45, 2.75) is 32.4 Å². The number of nitrogens with two attached hydrogens (primary N) is 1. The van der Waals surface area contributed by atoms with Gasteiger partial charge in [-0.3, -0.25) is 0 Å². The predicted molar refractivity (Wildman–Crippen MR) is 81.3 cm³/mol. The van der Waals surface area contributed by atoms with Gasteiger partial charge in [-0.25, -0.2) is 4.79 Å². The van der Waals surface area contributed by atoms with Crippen molar-refractivity contribution in [3.63, 3.8) is 0 Å². The maximum atomic E-state index is 10.9. The molecule has 0 saturated heterocycles. The lowest BCUT2D eigenvalue weighted by molar-refractivity contribution is -0.134. The Hall–Kier alpha value is -0.660. The molecule has 0 aromatic carbocycles. The molecule has 0 bridgehead atoms. The number of hydrogen-bond donors (Lipinski definition) is 2. The van der Waals surface area contributed by atoms with Crippen LogP contribution in [0.3, 0.4) is 0 Å². The number of allylic oxidation sites excluding steroid dienone is 2. The van der Waals surface area contributed by atoms with E-state index in [1.807, 2.05) is 17.9 Å². The third kappa shape index (κ3) is 7.62. The molecular weight excluding hydrogens is 345 g/mol. The van der Waals surface area contributed by atoms with Crippen LogP contribution in [0.1, 0.15) is 20.3 Å². The van der Waals surface area contributed by atoms with Crippen LogP contribution >= 0.6 is 22.6 Å². The predicted octanol–water partition coefficient (Wildman–Crippen LogP) is 2.08. The van der Waals surface area contributed by atoms with Crippen molar-refractivity contribution in [1.29, 1.82) is 0 Å². The number of carbonyl (C=O) groups is 1. The topological polar surface area (TPSA) is 72.5 Å². The molecule has 3 N–H and O–H groups in total. The number of esters is 1. The monoisotopic (exact) mass is 365 g/mol. The van der Waals surface area contributed by atoms with Crippen LogP contribution in [0.15, 0.2) is 33.5 Å². The first kappa shape index (κ1) is 17.3. The van der Waals surface area contributed by atoms with E-state index in [9.17, 15) is 9.90 Å². The highest BCUT2D eigenvalue weighted by Gasteiger charge is 2.12. The summed E-state index contributed by atoms with van der Waals surface area (Å²) < 4.78 is 6.40. The van der Waals surface area contributed by atoms with Crippen molar-refractivity contribution in [2.24, 2.45) is 5.73 Å². The van der Waals surface area contributed by atoms with Gasteiger partial charge in [0, 0.05) is 12.1 Å². The molecule has 0 unspecified atom stereocenters. The van der Waals surface area contributed by atoms with E-state index in [2.05, 4.69) is 27.3 Å². The first-order chi connectivity index (χ1) is 8.40. The van der Waals surface area contributed by atoms with Crippen molar-refractivity contribution in [3.8, 4) is 0 Å². The highest BCUT2D eigenvalue weighted by atomic mass is 127. The van der Waals surface area contributed by atoms with Crippen molar-refractivity contribution in [1.82, 2.24) is 0 Å². The van der Waals surface area contributed by atoms with E-state index in [1.54, 1.807) is 12.2 Å². The smallest absolute Gasteiger partial charge is 0.330 e. The minimum atomic E-state index is -0.627. The number of rotatable bonds is 6. The number of carbonyl (C=O) groups excluding carboxylic acids is 1. The van der Waals surface area contributed by atoms with Gasteiger partial charge in [-0.15, -0.1) is 0 Å². The lowest BCUT2D eigenvalue weighted by Crippen LogP contribution is -2.33. The fraction of sp³-hybridized carbons (Fsp3) is 0.462. The lowest BCUT2D eigenvalue weighted by atomic mass is 10.0. The average Bonchev–Trinajstić information content (AvgIpc) is 2.35. The largest absolute Gasteiger partial charge is 0.466 e. The second-order valence-corrected chi connectivity index (χ2v) is 4.69. The maximum Gasteiger partial charge on any atom is 0.330 e. The van der Waals surface area contributed by atoms with Crippen LogP contribution in [0.25, 0.3) is 0 Å². The van der Waals surface area contributed by atoms with Crippen molar-refractivity contribution in [3.05, 3.63) is 33.5 Å². The van der Waals surface area contributed by atoms with Crippen LogP contribution in [0.4, 0.5) is 0 Å². The summed E-state index contributed by atoms with van der Waals surface area (Å²) in [6.07, 6.45) is 4.57. The molecule has 4 nitrogen and oxygen atoms in total. The fourth-order valence-corrected chi connectivity index (χ4v) is 1.50. The van der Waals surface area contributed by atoms with E-state index in [0.717, 1.165) is 11.1 Å². The highest BCUT2D eigenvalue weighted by Crippen LogP contribution is 2.11. The molecule has 0 spiro atoms. The molecule has 0 aliphatic rings. The summed E-state index contributed by atoms with van der Waals surface area (Å²) in [5, 5.41) is 9.86. The van der Waals surface area contributed by atoms with Gasteiger partial charge in [0.1, 0.15) is 0 Å². The summed E-state index contributed by atoms with van der Waals surface area (Å²) >= 11 is 2.13. The Balaban J connectivity index is 4.47. The molecule has 0 aromatic heterocycles. The molecule has 5 heteroatoms. The fourth-order valence-electron chi connectivity index (χ4n) is 1.25. The van der Waals surface area contributed by atoms with Gasteiger partial charge >= 0.3 is 5.97 Å². The van der Waals surface area contributed by atoms with Gasteiger partial charge < -0.3 is 15.6 Å². The number of aliphatic hydroxyl groups is 1. The Morgan fingerprint density at radius 2 is 2.06 bits per heavy atom. The minimum Gasteiger partial charge on any atom is -0.466 e. The van der Waals surface area contributed by atoms with Crippen molar-refractivity contribution >= 4 is 28.6 Å². The van der Waals surface area contributed by atoms with Gasteiger partial charge in [-0.1, -0.05) is 45.9 Å². The molecule has 0 aliphatic carbocycles. The summed E-state index contributed by atoms with van der Waals surface area (Å²) in [7, 11) is 1.32. The van der Waals surface area contributed by atoms with Crippen LogP contribution in [0.2, 0.25) is 0 Å². The van der Waals surface area contributed by atoms with Gasteiger partial charge in [0.05, 0.1) is 13.2 Å². The second-order valence-electron chi connectivity index (χ2n) is 4.07. The van der Waals surface area contributed by atoms with E-state index in [0.29, 0.717) is 6.42 Å². The Bertz CT molecular complexity index is 361. The summed E-state index contributed by atoms with van der Waals surface area (Å²) in [6, 6.07) is -0.460. The Kier molecular flexibility index (Phi) is 8.95. The zero-order valence-corrected chi connectivity index (χ0v) is 13.0. The summed E-state index contributed by atoms with van der Waals surface area (Å²) in [6.45, 7) is 3.75. The number of halogens is 1. The Morgan fingerprint density at radius 1 is 1.44 bits per heavy atom. The molecule has 0 heterocycles. The quantitative estimate of drug-likeness (QED) is 0.327. The standard InChI is InChI=1S/C13H20INO3/c1-9(4-5-13(17)18-3)6-11(15)12(16)7-10(2)8-14/h4-6,8,11-12,16H,7,15H2,1-3H3/b5-4+,9-6+,10-8+/t11-,12-/m1/s1. The van der Waals surface area contributed by atoms with Gasteiger partial charge in [0.25, 0.3) is 0 Å². The van der Waals surface area contributed by atoms with E-state index >= 15 is 0 Å². The Morgan fingerprint density at radius 3 is 2.56 bits per heavy atom. The number of aliphatic hydroxyl groups excluding tert-OH is 1. The molecule has 102 valence electrons. The van der Waals surface area contributed by atoms with E-state index in [4.69, 9.17) is 5.73 Å². The molecule has 0 aliphatic heterocycles. The van der Waals surface area contributed by atoms with Crippen LogP contribution in [-0.4, -0.2) is 30.3 Å². The van der Waals surface area contributed by atoms with E-state index in [1.165, 1.54) is 13.2 Å². The average molecular weight is 365 g/mol. The van der Waals surface area contributed by atoms with Crippen LogP contribution in [0.5, 0.6) is 0 Å². The van der Waals surface area contributed by atoms with Gasteiger partial charge in [0.15, 0.2) is 0 Å².